The molecule has 0 bridgehead atoms. The van der Waals surface area contributed by atoms with Crippen LogP contribution in [0.1, 0.15) is 96.0 Å². The first kappa shape index (κ1) is 43.5. The zero-order valence-electron chi connectivity index (χ0n) is 35.1. The predicted octanol–water partition coefficient (Wildman–Crippen LogP) is 6.84. The van der Waals surface area contributed by atoms with Crippen LogP contribution in [0.5, 0.6) is 5.88 Å². The standard InChI is InChI=1S/C45H49F3N6O9S/c1-43(21-22-43)64(59,60)53-41(57)44-24-28(44)11-5-3-2-4-6-15-32(49-42(58)62-29-12-7-8-13-29)40(56)54-25-30(23-33(54)38(55)52-44)61-39-36-35(31-14-9-10-16-34(31)63-36)50-37(51-39)26-17-19-27(20-18-26)45(46,47)48/h5,9-11,14,16-20,28-30,32-33H,2-4,6-8,12-13,15,21-25H2,1H3,(H,49,58)(H,52,55)(H,53,57)/b11-5-/t28-,30+,32-,33-,44+/m0/s1. The molecular weight excluding hydrogens is 858 g/mol. The largest absolute Gasteiger partial charge is 0.470 e. The third-order valence-electron chi connectivity index (χ3n) is 13.3. The fourth-order valence-electron chi connectivity index (χ4n) is 9.02. The number of carbonyl (C=O) groups excluding carboxylic acids is 4. The Morgan fingerprint density at radius 2 is 1.69 bits per heavy atom. The van der Waals surface area contributed by atoms with E-state index in [1.807, 2.05) is 12.2 Å². The van der Waals surface area contributed by atoms with Gasteiger partial charge in [0.05, 0.1) is 16.9 Å². The molecule has 340 valence electrons. The minimum atomic E-state index is -4.57. The number of rotatable bonds is 8. The molecule has 2 aromatic carbocycles. The van der Waals surface area contributed by atoms with Crippen LogP contribution in [0, 0.1) is 5.92 Å². The third kappa shape index (κ3) is 8.62. The first-order valence-electron chi connectivity index (χ1n) is 21.9. The number of nitrogens with one attached hydrogen (secondary N) is 3. The van der Waals surface area contributed by atoms with Gasteiger partial charge in [-0.25, -0.2) is 18.2 Å². The average molecular weight is 907 g/mol. The zero-order chi connectivity index (χ0) is 45.0. The van der Waals surface area contributed by atoms with Crippen LogP contribution in [0.25, 0.3) is 33.5 Å². The Kier molecular flexibility index (Phi) is 11.3. The van der Waals surface area contributed by atoms with E-state index in [2.05, 4.69) is 25.3 Å². The maximum absolute atomic E-state index is 14.8. The highest BCUT2D eigenvalue weighted by Crippen LogP contribution is 2.48. The van der Waals surface area contributed by atoms with E-state index in [0.717, 1.165) is 31.4 Å². The summed E-state index contributed by atoms with van der Waals surface area (Å²) < 4.78 is 86.5. The molecule has 9 rings (SSSR count). The van der Waals surface area contributed by atoms with Crippen molar-refractivity contribution in [2.45, 2.75) is 131 Å². The Bertz CT molecular complexity index is 2630. The SMILES string of the molecule is CC1(S(=O)(=O)NC(=O)[C@@]23C[C@@H]2/C=C\CCCCC[C@H](NC(=O)OC2CCCC2)C(=O)N2C[C@H](Oc4nc(-c5ccc(C(F)(F)F)cc5)nc5c4oc4ccccc45)C[C@H]2C(=O)N3)CC1. The van der Waals surface area contributed by atoms with Crippen molar-refractivity contribution in [1.29, 1.82) is 0 Å². The molecule has 15 nitrogen and oxygen atoms in total. The molecule has 3 saturated carbocycles. The molecule has 5 aliphatic rings. The van der Waals surface area contributed by atoms with Crippen molar-refractivity contribution >= 4 is 55.9 Å². The van der Waals surface area contributed by atoms with Crippen LogP contribution < -0.4 is 20.1 Å². The Labute approximate surface area is 366 Å². The summed E-state index contributed by atoms with van der Waals surface area (Å²) in [5.74, 6) is -2.76. The molecule has 19 heteroatoms. The Balaban J connectivity index is 1.06. The van der Waals surface area contributed by atoms with Gasteiger partial charge >= 0.3 is 12.3 Å². The summed E-state index contributed by atoms with van der Waals surface area (Å²) >= 11 is 0. The zero-order valence-corrected chi connectivity index (χ0v) is 35.9. The number of halogens is 3. The molecule has 4 fully saturated rings. The summed E-state index contributed by atoms with van der Waals surface area (Å²) in [7, 11) is -4.07. The molecule has 64 heavy (non-hydrogen) atoms. The highest BCUT2D eigenvalue weighted by molar-refractivity contribution is 7.91. The third-order valence-corrected chi connectivity index (χ3v) is 15.4. The molecule has 2 aromatic heterocycles. The van der Waals surface area contributed by atoms with Gasteiger partial charge in [-0.3, -0.25) is 19.1 Å². The van der Waals surface area contributed by atoms with Crippen molar-refractivity contribution in [3.8, 4) is 17.3 Å². The first-order chi connectivity index (χ1) is 30.5. The highest BCUT2D eigenvalue weighted by Gasteiger charge is 2.63. The number of aromatic nitrogens is 2. The molecule has 5 atom stereocenters. The number of benzene rings is 2. The minimum Gasteiger partial charge on any atom is -0.470 e. The second kappa shape index (κ2) is 16.7. The van der Waals surface area contributed by atoms with Crippen molar-refractivity contribution in [2.24, 2.45) is 5.92 Å². The summed E-state index contributed by atoms with van der Waals surface area (Å²) in [5, 5.41) is 6.21. The molecular formula is C45H49F3N6O9S. The summed E-state index contributed by atoms with van der Waals surface area (Å²) in [6.45, 7) is 1.36. The number of fused-ring (bicyclic) bond motifs is 5. The van der Waals surface area contributed by atoms with Crippen molar-refractivity contribution < 1.29 is 54.7 Å². The first-order valence-corrected chi connectivity index (χ1v) is 23.4. The Hall–Kier alpha value is -5.72. The molecule has 3 aliphatic carbocycles. The topological polar surface area (TPSA) is 199 Å². The lowest BCUT2D eigenvalue weighted by molar-refractivity contribution is -0.141. The monoisotopic (exact) mass is 906 g/mol. The van der Waals surface area contributed by atoms with Crippen LogP contribution in [-0.2, 0) is 35.3 Å². The van der Waals surface area contributed by atoms with Crippen LogP contribution in [0.3, 0.4) is 0 Å². The van der Waals surface area contributed by atoms with Crippen LogP contribution in [0.15, 0.2) is 65.1 Å². The molecule has 0 unspecified atom stereocenters. The maximum atomic E-state index is 14.8. The van der Waals surface area contributed by atoms with E-state index in [9.17, 15) is 40.8 Å². The lowest BCUT2D eigenvalue weighted by Gasteiger charge is -2.30. The van der Waals surface area contributed by atoms with Crippen molar-refractivity contribution in [3.63, 3.8) is 0 Å². The molecule has 3 N–H and O–H groups in total. The van der Waals surface area contributed by atoms with Crippen LogP contribution >= 0.6 is 0 Å². The van der Waals surface area contributed by atoms with Gasteiger partial charge < -0.3 is 29.4 Å². The number of ether oxygens (including phenoxy) is 2. The second-order valence-corrected chi connectivity index (χ2v) is 20.1. The van der Waals surface area contributed by atoms with Crippen LogP contribution in [0.4, 0.5) is 18.0 Å². The minimum absolute atomic E-state index is 0.0327. The molecule has 4 aromatic rings. The molecule has 1 saturated heterocycles. The summed E-state index contributed by atoms with van der Waals surface area (Å²) in [4.78, 5) is 67.3. The van der Waals surface area contributed by atoms with Crippen molar-refractivity contribution in [1.82, 2.24) is 30.2 Å². The number of nitrogens with zero attached hydrogens (tertiary/aromatic N) is 3. The highest BCUT2D eigenvalue weighted by atomic mass is 32.2. The Morgan fingerprint density at radius 1 is 0.953 bits per heavy atom. The van der Waals surface area contributed by atoms with Crippen LogP contribution in [0.2, 0.25) is 0 Å². The van der Waals surface area contributed by atoms with Crippen molar-refractivity contribution in [3.05, 3.63) is 66.2 Å². The van der Waals surface area contributed by atoms with Gasteiger partial charge in [-0.2, -0.15) is 18.2 Å². The normalized spacial score (nSPS) is 26.8. The van der Waals surface area contributed by atoms with Gasteiger partial charge in [0.1, 0.15) is 40.9 Å². The van der Waals surface area contributed by atoms with E-state index in [4.69, 9.17) is 13.9 Å². The Morgan fingerprint density at radius 3 is 2.42 bits per heavy atom. The summed E-state index contributed by atoms with van der Waals surface area (Å²) in [6.07, 6.45) is 4.12. The molecule has 0 radical (unpaired) electrons. The van der Waals surface area contributed by atoms with E-state index >= 15 is 0 Å². The number of carbonyl (C=O) groups is 4. The quantitative estimate of drug-likeness (QED) is 0.157. The maximum Gasteiger partial charge on any atom is 0.416 e. The number of amides is 4. The summed E-state index contributed by atoms with van der Waals surface area (Å²) in [5.41, 5.74) is -1.34. The number of allylic oxidation sites excluding steroid dienone is 1. The van der Waals surface area contributed by atoms with Gasteiger partial charge in [0.15, 0.2) is 5.82 Å². The van der Waals surface area contributed by atoms with Crippen LogP contribution in [-0.4, -0.2) is 88.2 Å². The summed E-state index contributed by atoms with van der Waals surface area (Å²) in [6, 6.07) is 8.98. The van der Waals surface area contributed by atoms with E-state index in [1.54, 1.807) is 31.2 Å². The number of alkyl carbamates (subject to hydrolysis) is 1. The number of hydrogen-bond donors (Lipinski definition) is 3. The van der Waals surface area contributed by atoms with Gasteiger partial charge in [0.2, 0.25) is 27.4 Å². The van der Waals surface area contributed by atoms with E-state index in [-0.39, 0.29) is 54.8 Å². The number of furan rings is 1. The van der Waals surface area contributed by atoms with E-state index in [1.165, 1.54) is 17.0 Å². The second-order valence-electron chi connectivity index (χ2n) is 17.9. The molecule has 4 heterocycles. The van der Waals surface area contributed by atoms with Gasteiger partial charge in [-0.15, -0.1) is 0 Å². The fraction of sp³-hybridized carbons (Fsp3) is 0.511. The number of sulfonamides is 1. The van der Waals surface area contributed by atoms with E-state index < -0.39 is 80.0 Å². The van der Waals surface area contributed by atoms with E-state index in [0.29, 0.717) is 61.4 Å². The molecule has 0 spiro atoms. The number of hydrogen-bond acceptors (Lipinski definition) is 11. The van der Waals surface area contributed by atoms with Gasteiger partial charge in [-0.1, -0.05) is 49.3 Å². The lowest BCUT2D eigenvalue weighted by Crippen LogP contribution is -2.58. The number of para-hydroxylation sites is 1. The predicted molar refractivity (Wildman–Crippen MR) is 226 cm³/mol. The number of alkyl halides is 3. The van der Waals surface area contributed by atoms with Gasteiger partial charge in [0.25, 0.3) is 11.8 Å². The average Bonchev–Trinajstić information content (AvgIpc) is 3.92. The fourth-order valence-corrected chi connectivity index (χ4v) is 10.3. The molecule has 4 amide bonds. The van der Waals surface area contributed by atoms with Gasteiger partial charge in [-0.05, 0) is 95.4 Å². The van der Waals surface area contributed by atoms with Crippen molar-refractivity contribution in [2.75, 3.05) is 6.54 Å². The van der Waals surface area contributed by atoms with Gasteiger partial charge in [0, 0.05) is 23.3 Å². The smallest absolute Gasteiger partial charge is 0.416 e. The molecule has 2 aliphatic heterocycles. The lowest BCUT2D eigenvalue weighted by atomic mass is 10.0.